The van der Waals surface area contributed by atoms with Gasteiger partial charge >= 0.3 is 5.97 Å². The molecule has 3 rings (SSSR count). The molecule has 1 aliphatic rings. The number of fused-ring (bicyclic) bond motifs is 1. The molecule has 0 aliphatic carbocycles. The highest BCUT2D eigenvalue weighted by atomic mass is 35.5. The van der Waals surface area contributed by atoms with Gasteiger partial charge in [-0.05, 0) is 37.3 Å². The summed E-state index contributed by atoms with van der Waals surface area (Å²) in [6.07, 6.45) is -0.00165. The van der Waals surface area contributed by atoms with Gasteiger partial charge in [-0.15, -0.1) is 0 Å². The Balaban J connectivity index is 1.62. The summed E-state index contributed by atoms with van der Waals surface area (Å²) in [7, 11) is 0. The number of hydrogen-bond donors (Lipinski definition) is 0. The first-order valence-electron chi connectivity index (χ1n) is 7.66. The van der Waals surface area contributed by atoms with Crippen molar-refractivity contribution >= 4 is 34.4 Å². The van der Waals surface area contributed by atoms with E-state index in [9.17, 15) is 9.59 Å². The average Bonchev–Trinajstić information content (AvgIpc) is 2.58. The zero-order valence-electron chi connectivity index (χ0n) is 13.2. The van der Waals surface area contributed by atoms with Crippen molar-refractivity contribution in [2.45, 2.75) is 13.0 Å². The molecule has 0 N–H and O–H groups in total. The molecule has 0 saturated carbocycles. The van der Waals surface area contributed by atoms with Gasteiger partial charge in [0.15, 0.2) is 6.61 Å². The van der Waals surface area contributed by atoms with Gasteiger partial charge < -0.3 is 14.4 Å². The minimum Gasteiger partial charge on any atom is -0.452 e. The molecule has 2 heterocycles. The van der Waals surface area contributed by atoms with E-state index in [2.05, 4.69) is 4.98 Å². The molecule has 1 aromatic carbocycles. The summed E-state index contributed by atoms with van der Waals surface area (Å²) < 4.78 is 10.5. The molecule has 24 heavy (non-hydrogen) atoms. The zero-order valence-corrected chi connectivity index (χ0v) is 14.0. The highest BCUT2D eigenvalue weighted by Crippen LogP contribution is 2.17. The molecule has 0 bridgehead atoms. The molecule has 6 nitrogen and oxygen atoms in total. The van der Waals surface area contributed by atoms with Crippen molar-refractivity contribution < 1.29 is 19.1 Å². The van der Waals surface area contributed by atoms with Gasteiger partial charge in [-0.2, -0.15) is 0 Å². The fourth-order valence-electron chi connectivity index (χ4n) is 2.57. The summed E-state index contributed by atoms with van der Waals surface area (Å²) in [6, 6.07) is 8.41. The molecule has 1 amide bonds. The molecule has 1 unspecified atom stereocenters. The van der Waals surface area contributed by atoms with Crippen LogP contribution in [0.5, 0.6) is 0 Å². The highest BCUT2D eigenvalue weighted by molar-refractivity contribution is 6.29. The highest BCUT2D eigenvalue weighted by Gasteiger charge is 2.22. The number of pyridine rings is 1. The van der Waals surface area contributed by atoms with E-state index in [1.807, 2.05) is 6.92 Å². The lowest BCUT2D eigenvalue weighted by Crippen LogP contribution is -2.46. The third kappa shape index (κ3) is 3.83. The van der Waals surface area contributed by atoms with E-state index in [0.717, 1.165) is 5.39 Å². The van der Waals surface area contributed by atoms with Crippen molar-refractivity contribution in [3.8, 4) is 0 Å². The summed E-state index contributed by atoms with van der Waals surface area (Å²) in [4.78, 5) is 30.0. The number of amides is 1. The maximum absolute atomic E-state index is 12.1. The van der Waals surface area contributed by atoms with Gasteiger partial charge in [-0.3, -0.25) is 4.79 Å². The molecule has 1 aromatic heterocycles. The second-order valence-electron chi connectivity index (χ2n) is 5.64. The van der Waals surface area contributed by atoms with E-state index in [1.54, 1.807) is 35.2 Å². The molecule has 1 fully saturated rings. The SMILES string of the molecule is CC1CN(C(=O)COC(=O)c2ccc3nc(Cl)ccc3c2)CCO1. The first-order valence-corrected chi connectivity index (χ1v) is 8.03. The lowest BCUT2D eigenvalue weighted by molar-refractivity contribution is -0.141. The van der Waals surface area contributed by atoms with Gasteiger partial charge in [0, 0.05) is 18.5 Å². The molecule has 0 radical (unpaired) electrons. The summed E-state index contributed by atoms with van der Waals surface area (Å²) in [5.74, 6) is -0.755. The van der Waals surface area contributed by atoms with Crippen LogP contribution in [0.4, 0.5) is 0 Å². The van der Waals surface area contributed by atoms with Crippen LogP contribution in [-0.4, -0.2) is 54.2 Å². The average molecular weight is 349 g/mol. The van der Waals surface area contributed by atoms with Gasteiger partial charge in [-0.25, -0.2) is 9.78 Å². The third-order valence-corrected chi connectivity index (χ3v) is 4.02. The largest absolute Gasteiger partial charge is 0.452 e. The van der Waals surface area contributed by atoms with Crippen LogP contribution < -0.4 is 0 Å². The number of nitrogens with zero attached hydrogens (tertiary/aromatic N) is 2. The molecule has 7 heteroatoms. The minimum absolute atomic E-state index is 0.00165. The van der Waals surface area contributed by atoms with Crippen molar-refractivity contribution in [1.29, 1.82) is 0 Å². The standard InChI is InChI=1S/C17H17ClN2O4/c1-11-9-20(6-7-23-11)16(21)10-24-17(22)13-2-4-14-12(8-13)3-5-15(18)19-14/h2-5,8,11H,6-7,9-10H2,1H3. The smallest absolute Gasteiger partial charge is 0.338 e. The van der Waals surface area contributed by atoms with Crippen molar-refractivity contribution in [1.82, 2.24) is 9.88 Å². The normalized spacial score (nSPS) is 17.8. The van der Waals surface area contributed by atoms with E-state index in [0.29, 0.717) is 35.9 Å². The van der Waals surface area contributed by atoms with Gasteiger partial charge in [0.2, 0.25) is 0 Å². The number of carbonyl (C=O) groups excluding carboxylic acids is 2. The fourth-order valence-corrected chi connectivity index (χ4v) is 2.73. The Morgan fingerprint density at radius 1 is 1.38 bits per heavy atom. The van der Waals surface area contributed by atoms with E-state index < -0.39 is 5.97 Å². The Bertz CT molecular complexity index is 780. The van der Waals surface area contributed by atoms with E-state index in [1.165, 1.54) is 0 Å². The Hall–Kier alpha value is -2.18. The molecule has 1 atom stereocenters. The molecular weight excluding hydrogens is 332 g/mol. The number of carbonyl (C=O) groups is 2. The van der Waals surface area contributed by atoms with Crippen LogP contribution in [0.3, 0.4) is 0 Å². The minimum atomic E-state index is -0.540. The lowest BCUT2D eigenvalue weighted by atomic mass is 10.1. The monoisotopic (exact) mass is 348 g/mol. The Morgan fingerprint density at radius 2 is 2.21 bits per heavy atom. The molecular formula is C17H17ClN2O4. The maximum Gasteiger partial charge on any atom is 0.338 e. The van der Waals surface area contributed by atoms with Crippen molar-refractivity contribution in [3.63, 3.8) is 0 Å². The number of hydrogen-bond acceptors (Lipinski definition) is 5. The first kappa shape index (κ1) is 16.7. The maximum atomic E-state index is 12.1. The number of halogens is 1. The Kier molecular flexibility index (Phi) is 4.97. The topological polar surface area (TPSA) is 68.7 Å². The van der Waals surface area contributed by atoms with E-state index in [-0.39, 0.29) is 18.6 Å². The molecule has 126 valence electrons. The van der Waals surface area contributed by atoms with Gasteiger partial charge in [-0.1, -0.05) is 11.6 Å². The number of rotatable bonds is 3. The van der Waals surface area contributed by atoms with Gasteiger partial charge in [0.25, 0.3) is 5.91 Å². The van der Waals surface area contributed by atoms with Crippen molar-refractivity contribution in [2.24, 2.45) is 0 Å². The van der Waals surface area contributed by atoms with Crippen LogP contribution in [0.2, 0.25) is 5.15 Å². The quantitative estimate of drug-likeness (QED) is 0.629. The predicted molar refractivity (Wildman–Crippen MR) is 89.0 cm³/mol. The molecule has 2 aromatic rings. The number of esters is 1. The molecule has 1 saturated heterocycles. The van der Waals surface area contributed by atoms with Gasteiger partial charge in [0.05, 0.1) is 23.8 Å². The Labute approximate surface area is 144 Å². The number of aromatic nitrogens is 1. The lowest BCUT2D eigenvalue weighted by Gasteiger charge is -2.30. The zero-order chi connectivity index (χ0) is 17.1. The second-order valence-corrected chi connectivity index (χ2v) is 6.03. The fraction of sp³-hybridized carbons (Fsp3) is 0.353. The molecule has 1 aliphatic heterocycles. The summed E-state index contributed by atoms with van der Waals surface area (Å²) >= 11 is 5.84. The van der Waals surface area contributed by atoms with E-state index in [4.69, 9.17) is 21.1 Å². The van der Waals surface area contributed by atoms with E-state index >= 15 is 0 Å². The van der Waals surface area contributed by atoms with Gasteiger partial charge in [0.1, 0.15) is 5.15 Å². The Morgan fingerprint density at radius 3 is 3.00 bits per heavy atom. The predicted octanol–water partition coefficient (Wildman–Crippen LogP) is 2.29. The third-order valence-electron chi connectivity index (χ3n) is 3.81. The number of ether oxygens (including phenoxy) is 2. The van der Waals surface area contributed by atoms with Crippen LogP contribution in [0.15, 0.2) is 30.3 Å². The van der Waals surface area contributed by atoms with Crippen molar-refractivity contribution in [2.75, 3.05) is 26.3 Å². The number of morpholine rings is 1. The summed E-state index contributed by atoms with van der Waals surface area (Å²) in [6.45, 7) is 3.16. The van der Waals surface area contributed by atoms with Crippen molar-refractivity contribution in [3.05, 3.63) is 41.0 Å². The van der Waals surface area contributed by atoms with Crippen LogP contribution in [0.1, 0.15) is 17.3 Å². The van der Waals surface area contributed by atoms with Crippen LogP contribution in [0, 0.1) is 0 Å². The van der Waals surface area contributed by atoms with Crippen LogP contribution in [-0.2, 0) is 14.3 Å². The molecule has 0 spiro atoms. The van der Waals surface area contributed by atoms with Crippen LogP contribution in [0.25, 0.3) is 10.9 Å². The summed E-state index contributed by atoms with van der Waals surface area (Å²) in [5.41, 5.74) is 1.06. The summed E-state index contributed by atoms with van der Waals surface area (Å²) in [5, 5.41) is 1.17. The second kappa shape index (κ2) is 7.15. The number of benzene rings is 1. The van der Waals surface area contributed by atoms with Crippen LogP contribution >= 0.6 is 11.6 Å². The first-order chi connectivity index (χ1) is 11.5.